The number of aromatic hydroxyl groups is 1. The summed E-state index contributed by atoms with van der Waals surface area (Å²) >= 11 is 0. The van der Waals surface area contributed by atoms with E-state index in [-0.39, 0.29) is 18.1 Å². The third-order valence-electron chi connectivity index (χ3n) is 5.44. The van der Waals surface area contributed by atoms with Crippen molar-refractivity contribution in [3.05, 3.63) is 42.0 Å². The highest BCUT2D eigenvalue weighted by Gasteiger charge is 2.31. The number of ether oxygens (including phenoxy) is 2. The predicted molar refractivity (Wildman–Crippen MR) is 121 cm³/mol. The van der Waals surface area contributed by atoms with Crippen LogP contribution in [0.1, 0.15) is 57.7 Å². The Hall–Kier alpha value is -2.83. The van der Waals surface area contributed by atoms with E-state index in [1.54, 1.807) is 24.7 Å². The van der Waals surface area contributed by atoms with E-state index < -0.39 is 5.92 Å². The highest BCUT2D eigenvalue weighted by Crippen LogP contribution is 2.42. The quantitative estimate of drug-likeness (QED) is 0.739. The van der Waals surface area contributed by atoms with Gasteiger partial charge in [-0.05, 0) is 18.3 Å². The summed E-state index contributed by atoms with van der Waals surface area (Å²) < 4.78 is 10.8. The van der Waals surface area contributed by atoms with Crippen LogP contribution in [0.5, 0.6) is 17.2 Å². The molecular weight excluding hydrogens is 394 g/mol. The topological polar surface area (TPSA) is 84.8 Å². The Kier molecular flexibility index (Phi) is 9.09. The fourth-order valence-corrected chi connectivity index (χ4v) is 4.24. The monoisotopic (exact) mass is 429 g/mol. The van der Waals surface area contributed by atoms with Gasteiger partial charge in [0.1, 0.15) is 17.2 Å². The van der Waals surface area contributed by atoms with Crippen LogP contribution in [0.15, 0.2) is 30.7 Å². The van der Waals surface area contributed by atoms with E-state index in [0.29, 0.717) is 34.6 Å². The number of benzene rings is 1. The molecule has 0 spiro atoms. The molecule has 1 saturated heterocycles. The van der Waals surface area contributed by atoms with Crippen molar-refractivity contribution >= 4 is 5.91 Å². The maximum absolute atomic E-state index is 13.2. The third kappa shape index (κ3) is 6.09. The van der Waals surface area contributed by atoms with Gasteiger partial charge < -0.3 is 19.5 Å². The van der Waals surface area contributed by atoms with E-state index in [1.165, 1.54) is 20.3 Å². The van der Waals surface area contributed by atoms with Crippen LogP contribution in [-0.4, -0.2) is 53.2 Å². The average Bonchev–Trinajstić information content (AvgIpc) is 2.78. The lowest BCUT2D eigenvalue weighted by Crippen LogP contribution is -2.43. The minimum atomic E-state index is -0.482. The number of likely N-dealkylation sites (tertiary alicyclic amines) is 1. The van der Waals surface area contributed by atoms with E-state index in [0.717, 1.165) is 19.5 Å². The summed E-state index contributed by atoms with van der Waals surface area (Å²) in [4.78, 5) is 23.7. The molecule has 0 bridgehead atoms. The second-order valence-electron chi connectivity index (χ2n) is 7.89. The van der Waals surface area contributed by atoms with Gasteiger partial charge in [0.2, 0.25) is 5.91 Å². The van der Waals surface area contributed by atoms with Crippen LogP contribution in [0.3, 0.4) is 0 Å². The molecule has 3 rings (SSSR count). The Morgan fingerprint density at radius 2 is 1.84 bits per heavy atom. The summed E-state index contributed by atoms with van der Waals surface area (Å²) in [6, 6.07) is 3.23. The molecule has 0 aliphatic carbocycles. The normalized spacial score (nSPS) is 19.1. The maximum atomic E-state index is 13.2. The lowest BCUT2D eigenvalue weighted by molar-refractivity contribution is -0.134. The van der Waals surface area contributed by atoms with Crippen LogP contribution >= 0.6 is 0 Å². The first-order chi connectivity index (χ1) is 14.9. The third-order valence-corrected chi connectivity index (χ3v) is 5.44. The van der Waals surface area contributed by atoms with Gasteiger partial charge in [-0.25, -0.2) is 0 Å². The zero-order chi connectivity index (χ0) is 23.0. The molecule has 2 heterocycles. The van der Waals surface area contributed by atoms with Gasteiger partial charge in [0.15, 0.2) is 0 Å². The lowest BCUT2D eigenvalue weighted by atomic mass is 9.88. The van der Waals surface area contributed by atoms with E-state index in [9.17, 15) is 9.90 Å². The van der Waals surface area contributed by atoms with Crippen molar-refractivity contribution < 1.29 is 19.4 Å². The molecule has 31 heavy (non-hydrogen) atoms. The molecule has 1 aliphatic heterocycles. The second-order valence-corrected chi connectivity index (χ2v) is 7.89. The van der Waals surface area contributed by atoms with Crippen LogP contribution in [0.4, 0.5) is 0 Å². The molecule has 1 aromatic carbocycles. The summed E-state index contributed by atoms with van der Waals surface area (Å²) in [6.45, 7) is 9.85. The molecule has 7 nitrogen and oxygen atoms in total. The average molecular weight is 430 g/mol. The summed E-state index contributed by atoms with van der Waals surface area (Å²) in [5, 5.41) is 10.7. The number of hydrogen-bond donors (Lipinski definition) is 1. The van der Waals surface area contributed by atoms with Crippen LogP contribution in [0.25, 0.3) is 0 Å². The van der Waals surface area contributed by atoms with Crippen molar-refractivity contribution in [3.8, 4) is 17.2 Å². The van der Waals surface area contributed by atoms with Gasteiger partial charge in [0.25, 0.3) is 0 Å². The minimum absolute atomic E-state index is 0.00466. The molecule has 0 saturated carbocycles. The van der Waals surface area contributed by atoms with Crippen LogP contribution in [0, 0.1) is 11.8 Å². The Balaban J connectivity index is 0.00000166. The van der Waals surface area contributed by atoms with Gasteiger partial charge >= 0.3 is 0 Å². The summed E-state index contributed by atoms with van der Waals surface area (Å²) in [5.74, 6) is 1.44. The first-order valence-corrected chi connectivity index (χ1v) is 10.9. The number of nitrogens with zero attached hydrogens (tertiary/aromatic N) is 3. The number of aromatic nitrogens is 2. The Morgan fingerprint density at radius 1 is 1.16 bits per heavy atom. The second kappa shape index (κ2) is 11.5. The predicted octanol–water partition coefficient (Wildman–Crippen LogP) is 4.25. The molecule has 1 aromatic heterocycles. The largest absolute Gasteiger partial charge is 0.507 e. The first kappa shape index (κ1) is 24.4. The van der Waals surface area contributed by atoms with Crippen molar-refractivity contribution in [2.75, 3.05) is 27.3 Å². The maximum Gasteiger partial charge on any atom is 0.223 e. The molecule has 3 atom stereocenters. The Labute approximate surface area is 185 Å². The van der Waals surface area contributed by atoms with Crippen molar-refractivity contribution in [1.82, 2.24) is 14.9 Å². The van der Waals surface area contributed by atoms with Gasteiger partial charge in [-0.2, -0.15) is 0 Å². The summed E-state index contributed by atoms with van der Waals surface area (Å²) in [5.41, 5.74) is 1.12. The standard InChI is InChI=1S/C22H29N3O4.C2H6/c1-14-7-15(2)13-25(12-14)21(27)10-17(18-11-23-5-6-24-18)22-19(26)8-16(28-3)9-20(22)29-4;1-2/h5-6,8-9,11,14-15,17,26H,7,10,12-13H2,1-4H3;1-2H3. The van der Waals surface area contributed by atoms with Gasteiger partial charge in [-0.1, -0.05) is 27.7 Å². The summed E-state index contributed by atoms with van der Waals surface area (Å²) in [6.07, 6.45) is 6.10. The molecule has 7 heteroatoms. The van der Waals surface area contributed by atoms with Crippen LogP contribution in [-0.2, 0) is 4.79 Å². The molecule has 1 N–H and O–H groups in total. The Bertz CT molecular complexity index is 834. The molecular formula is C24H35N3O4. The van der Waals surface area contributed by atoms with Crippen molar-refractivity contribution in [2.24, 2.45) is 11.8 Å². The minimum Gasteiger partial charge on any atom is -0.507 e. The SMILES string of the molecule is CC.COc1cc(O)c(C(CC(=O)N2CC(C)CC(C)C2)c2cnccn2)c(OC)c1. The van der Waals surface area contributed by atoms with Crippen LogP contribution in [0.2, 0.25) is 0 Å². The van der Waals surface area contributed by atoms with Gasteiger partial charge in [0.05, 0.1) is 19.9 Å². The number of carbonyl (C=O) groups excluding carboxylic acids is 1. The van der Waals surface area contributed by atoms with Crippen molar-refractivity contribution in [1.29, 1.82) is 0 Å². The number of hydrogen-bond acceptors (Lipinski definition) is 6. The number of rotatable bonds is 6. The zero-order valence-electron chi connectivity index (χ0n) is 19.5. The molecule has 3 unspecified atom stereocenters. The summed E-state index contributed by atoms with van der Waals surface area (Å²) in [7, 11) is 3.05. The van der Waals surface area contributed by atoms with E-state index in [4.69, 9.17) is 9.47 Å². The first-order valence-electron chi connectivity index (χ1n) is 10.9. The highest BCUT2D eigenvalue weighted by molar-refractivity contribution is 5.78. The number of carbonyl (C=O) groups is 1. The van der Waals surface area contributed by atoms with Crippen molar-refractivity contribution in [3.63, 3.8) is 0 Å². The fraction of sp³-hybridized carbons (Fsp3) is 0.542. The number of phenolic OH excluding ortho intramolecular Hbond substituents is 1. The molecule has 1 amide bonds. The van der Waals surface area contributed by atoms with Gasteiger partial charge in [0, 0.05) is 61.7 Å². The Morgan fingerprint density at radius 3 is 2.39 bits per heavy atom. The number of piperidine rings is 1. The fourth-order valence-electron chi connectivity index (χ4n) is 4.24. The van der Waals surface area contributed by atoms with E-state index in [1.807, 2.05) is 18.7 Å². The van der Waals surface area contributed by atoms with Crippen molar-refractivity contribution in [2.45, 2.75) is 46.5 Å². The number of amides is 1. The highest BCUT2D eigenvalue weighted by atomic mass is 16.5. The lowest BCUT2D eigenvalue weighted by Gasteiger charge is -2.36. The molecule has 2 aromatic rings. The molecule has 0 radical (unpaired) electrons. The smallest absolute Gasteiger partial charge is 0.223 e. The van der Waals surface area contributed by atoms with Crippen LogP contribution < -0.4 is 9.47 Å². The van der Waals surface area contributed by atoms with Gasteiger partial charge in [-0.15, -0.1) is 0 Å². The number of methoxy groups -OCH3 is 2. The molecule has 1 aliphatic rings. The van der Waals surface area contributed by atoms with E-state index in [2.05, 4.69) is 23.8 Å². The molecule has 1 fully saturated rings. The number of phenols is 1. The zero-order valence-corrected chi connectivity index (χ0v) is 19.5. The molecule has 170 valence electrons. The van der Waals surface area contributed by atoms with E-state index >= 15 is 0 Å². The van der Waals surface area contributed by atoms with Gasteiger partial charge in [-0.3, -0.25) is 14.8 Å².